The highest BCUT2D eigenvalue weighted by molar-refractivity contribution is 6.05. The molecule has 1 aromatic heterocycles. The van der Waals surface area contributed by atoms with Crippen LogP contribution in [0, 0.1) is 0 Å². The van der Waals surface area contributed by atoms with E-state index in [9.17, 15) is 9.59 Å². The number of carbonyl (C=O) groups excluding carboxylic acids is 1. The lowest BCUT2D eigenvalue weighted by molar-refractivity contribution is 0.0985. The minimum Gasteiger partial charge on any atom is -0.367 e. The summed E-state index contributed by atoms with van der Waals surface area (Å²) in [6.07, 6.45) is 4.87. The number of pyridine rings is 1. The van der Waals surface area contributed by atoms with Gasteiger partial charge in [0.1, 0.15) is 5.56 Å². The van der Waals surface area contributed by atoms with E-state index in [0.717, 1.165) is 18.5 Å². The summed E-state index contributed by atoms with van der Waals surface area (Å²) in [4.78, 5) is 28.8. The number of nitrogens with zero attached hydrogens (tertiary/aromatic N) is 1. The zero-order valence-corrected chi connectivity index (χ0v) is 11.5. The average Bonchev–Trinajstić information content (AvgIpc) is 2.49. The fraction of sp³-hybridized carbons (Fsp3) is 0.250. The lowest BCUT2D eigenvalue weighted by Crippen LogP contribution is -2.35. The van der Waals surface area contributed by atoms with Crippen molar-refractivity contribution in [3.8, 4) is 0 Å². The van der Waals surface area contributed by atoms with Crippen molar-refractivity contribution in [1.82, 2.24) is 4.98 Å². The normalized spacial score (nSPS) is 10.2. The molecule has 0 aliphatic heterocycles. The van der Waals surface area contributed by atoms with Crippen LogP contribution in [0.4, 0.5) is 5.69 Å². The third-order valence-corrected chi connectivity index (χ3v) is 3.10. The van der Waals surface area contributed by atoms with E-state index in [1.54, 1.807) is 4.90 Å². The highest BCUT2D eigenvalue weighted by Gasteiger charge is 2.19. The highest BCUT2D eigenvalue weighted by Crippen LogP contribution is 2.16. The van der Waals surface area contributed by atoms with Crippen LogP contribution in [-0.2, 0) is 0 Å². The van der Waals surface area contributed by atoms with Crippen molar-refractivity contribution in [2.45, 2.75) is 19.8 Å². The number of amides is 1. The molecule has 1 N–H and O–H groups in total. The van der Waals surface area contributed by atoms with Crippen molar-refractivity contribution in [3.63, 3.8) is 0 Å². The Bertz CT molecular complexity index is 620. The Balaban J connectivity index is 2.34. The van der Waals surface area contributed by atoms with Crippen molar-refractivity contribution in [1.29, 1.82) is 0 Å². The Morgan fingerprint density at radius 3 is 2.60 bits per heavy atom. The number of hydrogen-bond acceptors (Lipinski definition) is 2. The summed E-state index contributed by atoms with van der Waals surface area (Å²) in [6, 6.07) is 10.8. The number of carbonyl (C=O) groups is 1. The molecule has 0 fully saturated rings. The van der Waals surface area contributed by atoms with Crippen LogP contribution in [0.3, 0.4) is 0 Å². The molecule has 0 saturated heterocycles. The van der Waals surface area contributed by atoms with Gasteiger partial charge in [0.2, 0.25) is 0 Å². The first kappa shape index (κ1) is 14.1. The molecule has 0 aliphatic carbocycles. The van der Waals surface area contributed by atoms with E-state index in [-0.39, 0.29) is 16.9 Å². The van der Waals surface area contributed by atoms with Gasteiger partial charge in [-0.1, -0.05) is 31.5 Å². The van der Waals surface area contributed by atoms with Gasteiger partial charge in [0, 0.05) is 30.7 Å². The van der Waals surface area contributed by atoms with E-state index in [1.807, 2.05) is 30.3 Å². The summed E-state index contributed by atoms with van der Waals surface area (Å²) in [6.45, 7) is 2.68. The second-order valence-electron chi connectivity index (χ2n) is 4.57. The monoisotopic (exact) mass is 270 g/mol. The van der Waals surface area contributed by atoms with E-state index >= 15 is 0 Å². The molecule has 0 spiro atoms. The molecule has 0 atom stereocenters. The maximum Gasteiger partial charge on any atom is 0.263 e. The number of unbranched alkanes of at least 4 members (excludes halogenated alkanes) is 1. The molecule has 4 heteroatoms. The van der Waals surface area contributed by atoms with Gasteiger partial charge < -0.3 is 9.88 Å². The van der Waals surface area contributed by atoms with Crippen LogP contribution in [-0.4, -0.2) is 17.4 Å². The predicted octanol–water partition coefficient (Wildman–Crippen LogP) is 2.82. The largest absolute Gasteiger partial charge is 0.367 e. The SMILES string of the molecule is CCCCN(C(=O)c1c[nH]ccc1=O)c1ccccc1. The highest BCUT2D eigenvalue weighted by atomic mass is 16.2. The molecule has 1 aromatic carbocycles. The van der Waals surface area contributed by atoms with E-state index in [4.69, 9.17) is 0 Å². The van der Waals surface area contributed by atoms with Crippen LogP contribution >= 0.6 is 0 Å². The molecule has 1 amide bonds. The predicted molar refractivity (Wildman–Crippen MR) is 80.1 cm³/mol. The number of benzene rings is 1. The van der Waals surface area contributed by atoms with Gasteiger partial charge in [-0.3, -0.25) is 9.59 Å². The second-order valence-corrected chi connectivity index (χ2v) is 4.57. The van der Waals surface area contributed by atoms with Gasteiger partial charge in [0.05, 0.1) is 0 Å². The Kier molecular flexibility index (Phi) is 4.71. The van der Waals surface area contributed by atoms with Crippen molar-refractivity contribution in [3.05, 3.63) is 64.6 Å². The van der Waals surface area contributed by atoms with E-state index in [1.165, 1.54) is 18.5 Å². The molecule has 20 heavy (non-hydrogen) atoms. The molecule has 0 aliphatic rings. The standard InChI is InChI=1S/C16H18N2O2/c1-2-3-11-18(13-7-5-4-6-8-13)16(20)14-12-17-10-9-15(14)19/h4-10,12H,2-3,11H2,1H3,(H,17,19). The number of hydrogen-bond donors (Lipinski definition) is 1. The Morgan fingerprint density at radius 2 is 1.95 bits per heavy atom. The van der Waals surface area contributed by atoms with Crippen molar-refractivity contribution in [2.75, 3.05) is 11.4 Å². The lowest BCUT2D eigenvalue weighted by atomic mass is 10.2. The van der Waals surface area contributed by atoms with Crippen LogP contribution in [0.1, 0.15) is 30.1 Å². The van der Waals surface area contributed by atoms with Crippen LogP contribution in [0.2, 0.25) is 0 Å². The van der Waals surface area contributed by atoms with Crippen LogP contribution < -0.4 is 10.3 Å². The summed E-state index contributed by atoms with van der Waals surface area (Å²) in [5.41, 5.74) is 0.729. The molecule has 1 heterocycles. The molecule has 0 unspecified atom stereocenters. The fourth-order valence-electron chi connectivity index (χ4n) is 2.00. The Hall–Kier alpha value is -2.36. The van der Waals surface area contributed by atoms with Gasteiger partial charge in [0.25, 0.3) is 5.91 Å². The minimum atomic E-state index is -0.258. The first-order chi connectivity index (χ1) is 9.74. The zero-order chi connectivity index (χ0) is 14.4. The summed E-state index contributed by atoms with van der Waals surface area (Å²) in [5, 5.41) is 0. The number of para-hydroxylation sites is 1. The number of aromatic nitrogens is 1. The van der Waals surface area contributed by atoms with Crippen LogP contribution in [0.15, 0.2) is 53.6 Å². The van der Waals surface area contributed by atoms with Gasteiger partial charge in [-0.2, -0.15) is 0 Å². The maximum absolute atomic E-state index is 12.6. The third-order valence-electron chi connectivity index (χ3n) is 3.10. The Labute approximate surface area is 118 Å². The summed E-state index contributed by atoms with van der Waals surface area (Å²) < 4.78 is 0. The zero-order valence-electron chi connectivity index (χ0n) is 11.5. The van der Waals surface area contributed by atoms with Gasteiger partial charge >= 0.3 is 0 Å². The third kappa shape index (κ3) is 3.15. The van der Waals surface area contributed by atoms with E-state index < -0.39 is 0 Å². The summed E-state index contributed by atoms with van der Waals surface area (Å²) >= 11 is 0. The van der Waals surface area contributed by atoms with Gasteiger partial charge in [-0.05, 0) is 18.6 Å². The quantitative estimate of drug-likeness (QED) is 0.908. The molecule has 0 bridgehead atoms. The molecule has 2 aromatic rings. The first-order valence-electron chi connectivity index (χ1n) is 6.78. The van der Waals surface area contributed by atoms with Gasteiger partial charge in [0.15, 0.2) is 5.43 Å². The number of H-pyrrole nitrogens is 1. The lowest BCUT2D eigenvalue weighted by Gasteiger charge is -2.22. The topological polar surface area (TPSA) is 53.2 Å². The number of aromatic amines is 1. The van der Waals surface area contributed by atoms with Crippen molar-refractivity contribution < 1.29 is 4.79 Å². The number of nitrogens with one attached hydrogen (secondary N) is 1. The summed E-state index contributed by atoms with van der Waals surface area (Å²) in [7, 11) is 0. The minimum absolute atomic E-state index is 0.174. The first-order valence-corrected chi connectivity index (χ1v) is 6.78. The van der Waals surface area contributed by atoms with E-state index in [2.05, 4.69) is 11.9 Å². The average molecular weight is 270 g/mol. The smallest absolute Gasteiger partial charge is 0.263 e. The molecular formula is C16H18N2O2. The molecule has 0 radical (unpaired) electrons. The Morgan fingerprint density at radius 1 is 1.20 bits per heavy atom. The van der Waals surface area contributed by atoms with Crippen LogP contribution in [0.25, 0.3) is 0 Å². The molecule has 0 saturated carbocycles. The van der Waals surface area contributed by atoms with Crippen molar-refractivity contribution in [2.24, 2.45) is 0 Å². The number of anilines is 1. The maximum atomic E-state index is 12.6. The second kappa shape index (κ2) is 6.70. The molecular weight excluding hydrogens is 252 g/mol. The van der Waals surface area contributed by atoms with E-state index in [0.29, 0.717) is 6.54 Å². The number of rotatable bonds is 5. The molecule has 4 nitrogen and oxygen atoms in total. The summed E-state index contributed by atoms with van der Waals surface area (Å²) in [5.74, 6) is -0.258. The van der Waals surface area contributed by atoms with Gasteiger partial charge in [-0.15, -0.1) is 0 Å². The molecule has 104 valence electrons. The van der Waals surface area contributed by atoms with Gasteiger partial charge in [-0.25, -0.2) is 0 Å². The van der Waals surface area contributed by atoms with Crippen molar-refractivity contribution >= 4 is 11.6 Å². The fourth-order valence-corrected chi connectivity index (χ4v) is 2.00. The molecule has 2 rings (SSSR count). The van der Waals surface area contributed by atoms with Crippen LogP contribution in [0.5, 0.6) is 0 Å².